The molecule has 0 N–H and O–H groups in total. The van der Waals surface area contributed by atoms with Crippen LogP contribution in [0.15, 0.2) is 122 Å². The third-order valence-corrected chi connectivity index (χ3v) is 9.01. The van der Waals surface area contributed by atoms with Crippen molar-refractivity contribution < 1.29 is 23.8 Å². The average Bonchev–Trinajstić information content (AvgIpc) is 3.22. The molecule has 1 unspecified atom stereocenters. The van der Waals surface area contributed by atoms with Gasteiger partial charge in [0.05, 0.1) is 6.61 Å². The Labute approximate surface area is 356 Å². The Morgan fingerprint density at radius 1 is 0.397 bits per heavy atom. The summed E-state index contributed by atoms with van der Waals surface area (Å²) < 4.78 is 17.2. The number of rotatable bonds is 40. The Hall–Kier alpha value is -3.70. The molecule has 0 bridgehead atoms. The molecule has 5 heteroatoms. The standard InChI is InChI=1S/C53H84O5/c1-4-7-10-13-16-19-21-23-25-26-27-28-30-31-33-35-37-40-43-46-52(54)57-50-51(49-56-48-45-42-39-18-15-12-9-6-3)58-53(55)47-44-41-38-36-34-32-29-24-22-20-17-14-11-8-5-2/h7-8,10-11,16-17,19-20,23-25,27-29,31,33-34,36-37,40,51H,4-6,9,12-15,18,21-22,26,30,32,35,38-39,41-50H2,1-3H3/b10-7-,11-8-,19-16-,20-17-,25-23-,28-27-,29-24-,33-31-,36-34-,40-37-. The van der Waals surface area contributed by atoms with Crippen molar-refractivity contribution in [1.82, 2.24) is 0 Å². The van der Waals surface area contributed by atoms with Gasteiger partial charge in [-0.2, -0.15) is 0 Å². The predicted octanol–water partition coefficient (Wildman–Crippen LogP) is 15.4. The molecule has 0 fully saturated rings. The van der Waals surface area contributed by atoms with Crippen LogP contribution in [-0.2, 0) is 23.8 Å². The van der Waals surface area contributed by atoms with E-state index in [1.165, 1.54) is 38.5 Å². The van der Waals surface area contributed by atoms with E-state index in [0.717, 1.165) is 96.3 Å². The zero-order chi connectivity index (χ0) is 42.1. The van der Waals surface area contributed by atoms with Crippen molar-refractivity contribution in [1.29, 1.82) is 0 Å². The molecular weight excluding hydrogens is 717 g/mol. The molecule has 0 aromatic carbocycles. The minimum absolute atomic E-state index is 0.0215. The lowest BCUT2D eigenvalue weighted by molar-refractivity contribution is -0.162. The number of carbonyl (C=O) groups is 2. The van der Waals surface area contributed by atoms with Crippen molar-refractivity contribution in [2.75, 3.05) is 19.8 Å². The first-order valence-corrected chi connectivity index (χ1v) is 23.1. The van der Waals surface area contributed by atoms with E-state index < -0.39 is 6.10 Å². The molecule has 0 aliphatic rings. The molecular formula is C53H84O5. The molecule has 326 valence electrons. The van der Waals surface area contributed by atoms with Crippen LogP contribution in [0.3, 0.4) is 0 Å². The summed E-state index contributed by atoms with van der Waals surface area (Å²) in [5.41, 5.74) is 0. The van der Waals surface area contributed by atoms with Gasteiger partial charge < -0.3 is 14.2 Å². The highest BCUT2D eigenvalue weighted by atomic mass is 16.6. The zero-order valence-electron chi connectivity index (χ0n) is 37.3. The third kappa shape index (κ3) is 45.0. The van der Waals surface area contributed by atoms with Gasteiger partial charge in [-0.3, -0.25) is 9.59 Å². The molecule has 0 heterocycles. The Morgan fingerprint density at radius 2 is 0.810 bits per heavy atom. The van der Waals surface area contributed by atoms with Gasteiger partial charge in [0.25, 0.3) is 0 Å². The Bertz CT molecular complexity index is 1220. The minimum Gasteiger partial charge on any atom is -0.462 e. The van der Waals surface area contributed by atoms with E-state index in [2.05, 4.69) is 136 Å². The van der Waals surface area contributed by atoms with Crippen LogP contribution >= 0.6 is 0 Å². The Morgan fingerprint density at radius 3 is 1.28 bits per heavy atom. The van der Waals surface area contributed by atoms with Gasteiger partial charge >= 0.3 is 11.9 Å². The first kappa shape index (κ1) is 54.3. The van der Waals surface area contributed by atoms with Crippen LogP contribution in [0.25, 0.3) is 0 Å². The maximum absolute atomic E-state index is 12.7. The lowest BCUT2D eigenvalue weighted by atomic mass is 10.1. The Balaban J connectivity index is 4.41. The average molecular weight is 801 g/mol. The molecule has 5 nitrogen and oxygen atoms in total. The predicted molar refractivity (Wildman–Crippen MR) is 251 cm³/mol. The summed E-state index contributed by atoms with van der Waals surface area (Å²) in [4.78, 5) is 25.2. The SMILES string of the molecule is CC/C=C\C/C=C\C/C=C\C/C=C\C/C=C\C/C=C\CCC(=O)OCC(COCCCCCCCCCC)OC(=O)CCCC/C=C\C/C=C\C/C=C\C/C=C\CC. The van der Waals surface area contributed by atoms with Crippen LogP contribution in [0.2, 0.25) is 0 Å². The van der Waals surface area contributed by atoms with E-state index >= 15 is 0 Å². The number of allylic oxidation sites excluding steroid dienone is 20. The molecule has 0 aliphatic heterocycles. The van der Waals surface area contributed by atoms with Gasteiger partial charge in [0.1, 0.15) is 6.61 Å². The van der Waals surface area contributed by atoms with E-state index in [-0.39, 0.29) is 25.2 Å². The maximum Gasteiger partial charge on any atom is 0.306 e. The molecule has 0 rings (SSSR count). The molecule has 0 saturated heterocycles. The van der Waals surface area contributed by atoms with Gasteiger partial charge in [0.15, 0.2) is 6.10 Å². The zero-order valence-corrected chi connectivity index (χ0v) is 37.3. The van der Waals surface area contributed by atoms with E-state index in [4.69, 9.17) is 14.2 Å². The molecule has 0 aromatic heterocycles. The molecule has 0 aromatic rings. The number of hydrogen-bond acceptors (Lipinski definition) is 5. The monoisotopic (exact) mass is 801 g/mol. The number of unbranched alkanes of at least 4 members (excludes halogenated alkanes) is 9. The lowest BCUT2D eigenvalue weighted by Crippen LogP contribution is -2.30. The Kier molecular flexibility index (Phi) is 44.6. The second-order valence-electron chi connectivity index (χ2n) is 14.5. The molecule has 0 amide bonds. The fraction of sp³-hybridized carbons (Fsp3) is 0.585. The molecule has 0 aliphatic carbocycles. The largest absolute Gasteiger partial charge is 0.462 e. The quantitative estimate of drug-likeness (QED) is 0.0351. The second kappa shape index (κ2) is 47.7. The summed E-state index contributed by atoms with van der Waals surface area (Å²) in [6, 6.07) is 0. The number of ether oxygens (including phenoxy) is 3. The maximum atomic E-state index is 12.7. The van der Waals surface area contributed by atoms with Crippen LogP contribution in [0.4, 0.5) is 0 Å². The fourth-order valence-electron chi connectivity index (χ4n) is 5.64. The smallest absolute Gasteiger partial charge is 0.306 e. The van der Waals surface area contributed by atoms with Crippen molar-refractivity contribution in [2.45, 2.75) is 181 Å². The second-order valence-corrected chi connectivity index (χ2v) is 14.5. The summed E-state index contributed by atoms with van der Waals surface area (Å²) in [5, 5.41) is 0. The van der Waals surface area contributed by atoms with Crippen LogP contribution < -0.4 is 0 Å². The summed E-state index contributed by atoms with van der Waals surface area (Å²) in [7, 11) is 0. The highest BCUT2D eigenvalue weighted by molar-refractivity contribution is 5.70. The first-order valence-electron chi connectivity index (χ1n) is 23.1. The van der Waals surface area contributed by atoms with Gasteiger partial charge in [0, 0.05) is 19.4 Å². The van der Waals surface area contributed by atoms with Crippen molar-refractivity contribution >= 4 is 11.9 Å². The molecule has 1 atom stereocenters. The summed E-state index contributed by atoms with van der Waals surface area (Å²) in [5.74, 6) is -0.554. The van der Waals surface area contributed by atoms with Crippen molar-refractivity contribution in [3.05, 3.63) is 122 Å². The van der Waals surface area contributed by atoms with Gasteiger partial charge in [-0.1, -0.05) is 187 Å². The third-order valence-electron chi connectivity index (χ3n) is 9.01. The highest BCUT2D eigenvalue weighted by Gasteiger charge is 2.17. The van der Waals surface area contributed by atoms with Crippen LogP contribution in [0.1, 0.15) is 175 Å². The number of esters is 2. The topological polar surface area (TPSA) is 61.8 Å². The lowest BCUT2D eigenvalue weighted by Gasteiger charge is -2.18. The van der Waals surface area contributed by atoms with E-state index in [1.807, 2.05) is 6.08 Å². The van der Waals surface area contributed by atoms with Gasteiger partial charge in [-0.25, -0.2) is 0 Å². The van der Waals surface area contributed by atoms with Crippen LogP contribution in [-0.4, -0.2) is 37.9 Å². The molecule has 0 radical (unpaired) electrons. The molecule has 0 saturated carbocycles. The van der Waals surface area contributed by atoms with E-state index in [0.29, 0.717) is 25.9 Å². The van der Waals surface area contributed by atoms with Crippen molar-refractivity contribution in [3.63, 3.8) is 0 Å². The van der Waals surface area contributed by atoms with Crippen molar-refractivity contribution in [2.24, 2.45) is 0 Å². The molecule has 58 heavy (non-hydrogen) atoms. The first-order chi connectivity index (χ1) is 28.6. The number of hydrogen-bond donors (Lipinski definition) is 0. The fourth-order valence-corrected chi connectivity index (χ4v) is 5.64. The van der Waals surface area contributed by atoms with Gasteiger partial charge in [-0.05, 0) is 96.3 Å². The highest BCUT2D eigenvalue weighted by Crippen LogP contribution is 2.10. The molecule has 0 spiro atoms. The van der Waals surface area contributed by atoms with Gasteiger partial charge in [-0.15, -0.1) is 0 Å². The van der Waals surface area contributed by atoms with Crippen LogP contribution in [0.5, 0.6) is 0 Å². The van der Waals surface area contributed by atoms with Crippen LogP contribution in [0, 0.1) is 0 Å². The summed E-state index contributed by atoms with van der Waals surface area (Å²) in [6.45, 7) is 7.42. The summed E-state index contributed by atoms with van der Waals surface area (Å²) in [6.07, 6.45) is 66.4. The van der Waals surface area contributed by atoms with E-state index in [1.54, 1.807) is 0 Å². The summed E-state index contributed by atoms with van der Waals surface area (Å²) >= 11 is 0. The normalized spacial score (nSPS) is 13.4. The van der Waals surface area contributed by atoms with Crippen molar-refractivity contribution in [3.8, 4) is 0 Å². The number of carbonyl (C=O) groups excluding carboxylic acids is 2. The van der Waals surface area contributed by atoms with Gasteiger partial charge in [0.2, 0.25) is 0 Å². The van der Waals surface area contributed by atoms with E-state index in [9.17, 15) is 9.59 Å². The minimum atomic E-state index is -0.592.